The largest absolute Gasteiger partial charge is 0.436 e. The van der Waals surface area contributed by atoms with Crippen molar-refractivity contribution in [3.05, 3.63) is 29.1 Å². The predicted molar refractivity (Wildman–Crippen MR) is 140 cm³/mol. The summed E-state index contributed by atoms with van der Waals surface area (Å²) in [6.45, 7) is 0.563. The van der Waals surface area contributed by atoms with Crippen LogP contribution in [0, 0.1) is 23.6 Å². The van der Waals surface area contributed by atoms with E-state index in [4.69, 9.17) is 10.5 Å². The SMILES string of the molecule is CC(C(=O)NC(F)C(F)F)c1cc(F)c(NC(=O)C(OC(N)=O)C(C2CCCCC2)C2CCCCC2)cc1CO. The smallest absolute Gasteiger partial charge is 0.405 e. The van der Waals surface area contributed by atoms with Crippen molar-refractivity contribution >= 4 is 23.6 Å². The first-order valence-electron chi connectivity index (χ1n) is 14.0. The maximum atomic E-state index is 15.2. The average molecular weight is 574 g/mol. The Morgan fingerprint density at radius 2 is 1.52 bits per heavy atom. The van der Waals surface area contributed by atoms with Crippen LogP contribution in [0.25, 0.3) is 0 Å². The number of benzene rings is 1. The summed E-state index contributed by atoms with van der Waals surface area (Å²) in [5.74, 6) is -4.16. The Morgan fingerprint density at radius 3 is 2.00 bits per heavy atom. The standard InChI is InChI=1S/C28H39F4N3O5/c1-15(26(37)35-25(32)24(30)31)19-13-20(29)21(12-18(19)14-36)34-27(38)23(40-28(33)39)22(16-8-4-2-5-9-16)17-10-6-3-7-11-17/h12-13,15-17,22-25,36H,2-11,14H2,1H3,(H2,33,39)(H,34,38)(H,35,37). The minimum atomic E-state index is -3.44. The van der Waals surface area contributed by atoms with E-state index < -0.39 is 55.1 Å². The number of hydrogen-bond acceptors (Lipinski definition) is 5. The van der Waals surface area contributed by atoms with Gasteiger partial charge >= 0.3 is 6.09 Å². The Morgan fingerprint density at radius 1 is 0.975 bits per heavy atom. The van der Waals surface area contributed by atoms with Gasteiger partial charge in [0.15, 0.2) is 6.10 Å². The van der Waals surface area contributed by atoms with E-state index in [0.717, 1.165) is 76.3 Å². The molecule has 1 aromatic rings. The molecule has 2 fully saturated rings. The molecule has 0 heterocycles. The van der Waals surface area contributed by atoms with E-state index in [1.165, 1.54) is 12.2 Å². The summed E-state index contributed by atoms with van der Waals surface area (Å²) in [6.07, 6.45) is 1.02. The number of rotatable bonds is 11. The highest BCUT2D eigenvalue weighted by atomic mass is 19.3. The number of ether oxygens (including phenoxy) is 1. The zero-order chi connectivity index (χ0) is 29.4. The van der Waals surface area contributed by atoms with Crippen LogP contribution in [0.2, 0.25) is 0 Å². The van der Waals surface area contributed by atoms with Gasteiger partial charge in [0.05, 0.1) is 18.2 Å². The minimum absolute atomic E-state index is 0.0234. The van der Waals surface area contributed by atoms with Crippen molar-refractivity contribution in [2.45, 2.75) is 102 Å². The molecular formula is C28H39F4N3O5. The van der Waals surface area contributed by atoms with Crippen LogP contribution in [0.15, 0.2) is 12.1 Å². The molecule has 8 nitrogen and oxygen atoms in total. The lowest BCUT2D eigenvalue weighted by atomic mass is 9.67. The molecule has 3 atom stereocenters. The fourth-order valence-corrected chi connectivity index (χ4v) is 6.29. The molecular weight excluding hydrogens is 534 g/mol. The Labute approximate surface area is 231 Å². The lowest BCUT2D eigenvalue weighted by Gasteiger charge is -2.41. The molecule has 5 N–H and O–H groups in total. The van der Waals surface area contributed by atoms with Gasteiger partial charge in [0.25, 0.3) is 12.3 Å². The number of aliphatic hydroxyl groups is 1. The molecule has 2 saturated carbocycles. The molecule has 0 radical (unpaired) electrons. The van der Waals surface area contributed by atoms with Gasteiger partial charge < -0.3 is 26.2 Å². The first kappa shape index (κ1) is 31.6. The first-order valence-corrected chi connectivity index (χ1v) is 14.0. The maximum absolute atomic E-state index is 15.2. The number of aliphatic hydroxyl groups excluding tert-OH is 1. The van der Waals surface area contributed by atoms with Gasteiger partial charge in [-0.05, 0) is 42.0 Å². The number of carbonyl (C=O) groups excluding carboxylic acids is 3. The van der Waals surface area contributed by atoms with Crippen molar-refractivity contribution in [2.75, 3.05) is 5.32 Å². The van der Waals surface area contributed by atoms with Crippen molar-refractivity contribution in [2.24, 2.45) is 23.5 Å². The second-order valence-electron chi connectivity index (χ2n) is 10.9. The van der Waals surface area contributed by atoms with Gasteiger partial charge in [0.2, 0.25) is 12.2 Å². The van der Waals surface area contributed by atoms with E-state index in [2.05, 4.69) is 5.32 Å². The lowest BCUT2D eigenvalue weighted by Crippen LogP contribution is -2.46. The molecule has 0 aliphatic heterocycles. The van der Waals surface area contributed by atoms with Crippen molar-refractivity contribution in [3.63, 3.8) is 0 Å². The molecule has 12 heteroatoms. The van der Waals surface area contributed by atoms with Crippen molar-refractivity contribution in [3.8, 4) is 0 Å². The van der Waals surface area contributed by atoms with Gasteiger partial charge in [-0.15, -0.1) is 0 Å². The fraction of sp³-hybridized carbons (Fsp3) is 0.679. The summed E-state index contributed by atoms with van der Waals surface area (Å²) >= 11 is 0. The van der Waals surface area contributed by atoms with E-state index in [9.17, 15) is 32.7 Å². The Kier molecular flexibility index (Phi) is 11.6. The van der Waals surface area contributed by atoms with Crippen molar-refractivity contribution in [1.82, 2.24) is 5.32 Å². The number of nitrogens with two attached hydrogens (primary N) is 1. The first-order chi connectivity index (χ1) is 19.0. The van der Waals surface area contributed by atoms with Gasteiger partial charge in [-0.1, -0.05) is 64.2 Å². The van der Waals surface area contributed by atoms with Crippen LogP contribution in [0.1, 0.15) is 88.2 Å². The van der Waals surface area contributed by atoms with Crippen LogP contribution < -0.4 is 16.4 Å². The molecule has 3 unspecified atom stereocenters. The molecule has 0 bridgehead atoms. The van der Waals surface area contributed by atoms with Crippen LogP contribution in [-0.4, -0.2) is 41.8 Å². The molecule has 40 heavy (non-hydrogen) atoms. The monoisotopic (exact) mass is 573 g/mol. The normalized spacial score (nSPS) is 19.2. The molecule has 0 aromatic heterocycles. The molecule has 224 valence electrons. The number of nitrogens with one attached hydrogen (secondary N) is 2. The van der Waals surface area contributed by atoms with Crippen LogP contribution >= 0.6 is 0 Å². The summed E-state index contributed by atoms with van der Waals surface area (Å²) < 4.78 is 59.0. The van der Waals surface area contributed by atoms with Crippen LogP contribution in [0.5, 0.6) is 0 Å². The highest BCUT2D eigenvalue weighted by Gasteiger charge is 2.42. The van der Waals surface area contributed by atoms with Gasteiger partial charge in [0.1, 0.15) is 5.82 Å². The van der Waals surface area contributed by atoms with Crippen LogP contribution in [-0.2, 0) is 20.9 Å². The average Bonchev–Trinajstić information content (AvgIpc) is 2.93. The molecule has 2 aliphatic rings. The third-order valence-electron chi connectivity index (χ3n) is 8.26. The highest BCUT2D eigenvalue weighted by Crippen LogP contribution is 2.43. The molecule has 0 spiro atoms. The summed E-state index contributed by atoms with van der Waals surface area (Å²) in [6, 6.07) is 1.99. The predicted octanol–water partition coefficient (Wildman–Crippen LogP) is 5.28. The third kappa shape index (κ3) is 8.08. The molecule has 3 rings (SSSR count). The van der Waals surface area contributed by atoms with Crippen molar-refractivity contribution < 1.29 is 41.8 Å². The Balaban J connectivity index is 1.88. The van der Waals surface area contributed by atoms with E-state index in [0.29, 0.717) is 0 Å². The van der Waals surface area contributed by atoms with E-state index in [-0.39, 0.29) is 34.6 Å². The number of carbonyl (C=O) groups is 3. The van der Waals surface area contributed by atoms with E-state index >= 15 is 4.39 Å². The number of primary amides is 1. The number of hydrogen-bond donors (Lipinski definition) is 4. The summed E-state index contributed by atoms with van der Waals surface area (Å²) in [5, 5.41) is 13.9. The molecule has 0 saturated heterocycles. The number of halogens is 4. The van der Waals surface area contributed by atoms with Gasteiger partial charge in [-0.3, -0.25) is 9.59 Å². The fourth-order valence-electron chi connectivity index (χ4n) is 6.29. The summed E-state index contributed by atoms with van der Waals surface area (Å²) in [4.78, 5) is 37.7. The third-order valence-corrected chi connectivity index (χ3v) is 8.26. The highest BCUT2D eigenvalue weighted by molar-refractivity contribution is 5.96. The Hall–Kier alpha value is -2.89. The second-order valence-corrected chi connectivity index (χ2v) is 10.9. The summed E-state index contributed by atoms with van der Waals surface area (Å²) in [5.41, 5.74) is 5.00. The molecule has 3 amide bonds. The quantitative estimate of drug-likeness (QED) is 0.211. The van der Waals surface area contributed by atoms with Crippen LogP contribution in [0.3, 0.4) is 0 Å². The zero-order valence-electron chi connectivity index (χ0n) is 22.6. The molecule has 2 aliphatic carbocycles. The van der Waals surface area contributed by atoms with Gasteiger partial charge in [-0.25, -0.2) is 22.4 Å². The topological polar surface area (TPSA) is 131 Å². The van der Waals surface area contributed by atoms with E-state index in [1.54, 1.807) is 0 Å². The number of anilines is 1. The Bertz CT molecular complexity index is 1010. The van der Waals surface area contributed by atoms with Gasteiger partial charge in [-0.2, -0.15) is 0 Å². The summed E-state index contributed by atoms with van der Waals surface area (Å²) in [7, 11) is 0. The van der Waals surface area contributed by atoms with Crippen molar-refractivity contribution in [1.29, 1.82) is 0 Å². The van der Waals surface area contributed by atoms with E-state index in [1.807, 2.05) is 0 Å². The minimum Gasteiger partial charge on any atom is -0.436 e. The van der Waals surface area contributed by atoms with Gasteiger partial charge in [0, 0.05) is 5.92 Å². The number of amides is 3. The maximum Gasteiger partial charge on any atom is 0.405 e. The second kappa shape index (κ2) is 14.7. The lowest BCUT2D eigenvalue weighted by molar-refractivity contribution is -0.130. The van der Waals surface area contributed by atoms with Crippen LogP contribution in [0.4, 0.5) is 28.0 Å². The number of alkyl halides is 3. The molecule has 1 aromatic carbocycles. The zero-order valence-corrected chi connectivity index (χ0v) is 22.6.